The standard InChI is InChI=1S/C15H21NO2/c1-3-14(15(17)16-10-4-5-11-16)18-13-8-6-12(2)7-9-13/h6-9,14H,3-5,10-11H2,1-2H3/t14-/m0/s1. The Kier molecular flexibility index (Phi) is 4.24. The quantitative estimate of drug-likeness (QED) is 0.818. The molecule has 0 N–H and O–H groups in total. The average molecular weight is 247 g/mol. The molecule has 1 aromatic carbocycles. The SMILES string of the molecule is CC[C@H](Oc1ccc(C)cc1)C(=O)N1CCCC1. The Labute approximate surface area is 109 Å². The Morgan fingerprint density at radius 2 is 1.89 bits per heavy atom. The molecule has 3 heteroatoms. The van der Waals surface area contributed by atoms with Crippen molar-refractivity contribution in [2.24, 2.45) is 0 Å². The maximum atomic E-state index is 12.2. The number of aryl methyl sites for hydroxylation is 1. The van der Waals surface area contributed by atoms with Gasteiger partial charge in [0.25, 0.3) is 5.91 Å². The maximum Gasteiger partial charge on any atom is 0.263 e. The van der Waals surface area contributed by atoms with Gasteiger partial charge >= 0.3 is 0 Å². The monoisotopic (exact) mass is 247 g/mol. The van der Waals surface area contributed by atoms with E-state index >= 15 is 0 Å². The number of likely N-dealkylation sites (tertiary alicyclic amines) is 1. The molecule has 18 heavy (non-hydrogen) atoms. The molecular weight excluding hydrogens is 226 g/mol. The van der Waals surface area contributed by atoms with Crippen LogP contribution in [-0.4, -0.2) is 30.0 Å². The smallest absolute Gasteiger partial charge is 0.263 e. The van der Waals surface area contributed by atoms with E-state index < -0.39 is 0 Å². The average Bonchev–Trinajstić information content (AvgIpc) is 2.91. The van der Waals surface area contributed by atoms with Crippen molar-refractivity contribution in [3.8, 4) is 5.75 Å². The number of hydrogen-bond donors (Lipinski definition) is 0. The third kappa shape index (κ3) is 3.03. The Morgan fingerprint density at radius 3 is 2.44 bits per heavy atom. The van der Waals surface area contributed by atoms with Gasteiger partial charge < -0.3 is 9.64 Å². The van der Waals surface area contributed by atoms with Gasteiger partial charge in [0.2, 0.25) is 0 Å². The summed E-state index contributed by atoms with van der Waals surface area (Å²) >= 11 is 0. The first-order valence-electron chi connectivity index (χ1n) is 6.73. The van der Waals surface area contributed by atoms with E-state index in [9.17, 15) is 4.79 Å². The third-order valence-electron chi connectivity index (χ3n) is 3.36. The molecule has 1 atom stereocenters. The van der Waals surface area contributed by atoms with E-state index in [4.69, 9.17) is 4.74 Å². The molecule has 1 aromatic rings. The lowest BCUT2D eigenvalue weighted by atomic mass is 10.2. The Morgan fingerprint density at radius 1 is 1.28 bits per heavy atom. The Bertz CT molecular complexity index is 393. The first-order chi connectivity index (χ1) is 8.70. The minimum atomic E-state index is -0.342. The van der Waals surface area contributed by atoms with Crippen molar-refractivity contribution in [2.45, 2.75) is 39.2 Å². The molecule has 2 rings (SSSR count). The zero-order valence-electron chi connectivity index (χ0n) is 11.2. The van der Waals surface area contributed by atoms with Crippen LogP contribution in [0, 0.1) is 6.92 Å². The highest BCUT2D eigenvalue weighted by Crippen LogP contribution is 2.17. The summed E-state index contributed by atoms with van der Waals surface area (Å²) in [6.07, 6.45) is 2.61. The van der Waals surface area contributed by atoms with Crippen LogP contribution in [0.25, 0.3) is 0 Å². The van der Waals surface area contributed by atoms with Crippen LogP contribution in [0.4, 0.5) is 0 Å². The van der Waals surface area contributed by atoms with Crippen molar-refractivity contribution in [1.82, 2.24) is 4.90 Å². The zero-order valence-corrected chi connectivity index (χ0v) is 11.2. The lowest BCUT2D eigenvalue weighted by Gasteiger charge is -2.23. The second-order valence-electron chi connectivity index (χ2n) is 4.86. The summed E-state index contributed by atoms with van der Waals surface area (Å²) in [4.78, 5) is 14.2. The molecule has 0 aliphatic carbocycles. The van der Waals surface area contributed by atoms with E-state index in [1.165, 1.54) is 5.56 Å². The minimum Gasteiger partial charge on any atom is -0.481 e. The van der Waals surface area contributed by atoms with Gasteiger partial charge in [-0.3, -0.25) is 4.79 Å². The number of rotatable bonds is 4. The first kappa shape index (κ1) is 12.9. The lowest BCUT2D eigenvalue weighted by Crippen LogP contribution is -2.40. The van der Waals surface area contributed by atoms with Gasteiger partial charge in [0, 0.05) is 13.1 Å². The molecule has 1 aliphatic heterocycles. The van der Waals surface area contributed by atoms with Gasteiger partial charge in [-0.25, -0.2) is 0 Å². The second kappa shape index (κ2) is 5.89. The van der Waals surface area contributed by atoms with Crippen molar-refractivity contribution >= 4 is 5.91 Å². The molecule has 1 fully saturated rings. The van der Waals surface area contributed by atoms with Gasteiger partial charge in [-0.15, -0.1) is 0 Å². The summed E-state index contributed by atoms with van der Waals surface area (Å²) in [6.45, 7) is 5.79. The minimum absolute atomic E-state index is 0.135. The van der Waals surface area contributed by atoms with Crippen LogP contribution in [-0.2, 0) is 4.79 Å². The molecule has 0 unspecified atom stereocenters. The highest BCUT2D eigenvalue weighted by atomic mass is 16.5. The van der Waals surface area contributed by atoms with Crippen LogP contribution in [0.2, 0.25) is 0 Å². The van der Waals surface area contributed by atoms with Crippen LogP contribution >= 0.6 is 0 Å². The highest BCUT2D eigenvalue weighted by molar-refractivity contribution is 5.81. The van der Waals surface area contributed by atoms with E-state index in [-0.39, 0.29) is 12.0 Å². The van der Waals surface area contributed by atoms with E-state index in [2.05, 4.69) is 0 Å². The summed E-state index contributed by atoms with van der Waals surface area (Å²) in [6, 6.07) is 7.86. The number of carbonyl (C=O) groups excluding carboxylic acids is 1. The number of benzene rings is 1. The molecule has 0 radical (unpaired) electrons. The van der Waals surface area contributed by atoms with Crippen molar-refractivity contribution in [3.05, 3.63) is 29.8 Å². The summed E-state index contributed by atoms with van der Waals surface area (Å²) in [5.74, 6) is 0.913. The van der Waals surface area contributed by atoms with Gasteiger partial charge in [-0.05, 0) is 38.3 Å². The van der Waals surface area contributed by atoms with Crippen molar-refractivity contribution < 1.29 is 9.53 Å². The normalized spacial score (nSPS) is 16.7. The van der Waals surface area contributed by atoms with Gasteiger partial charge in [0.15, 0.2) is 6.10 Å². The molecule has 1 saturated heterocycles. The van der Waals surface area contributed by atoms with Crippen LogP contribution in [0.5, 0.6) is 5.75 Å². The van der Waals surface area contributed by atoms with Crippen molar-refractivity contribution in [2.75, 3.05) is 13.1 Å². The third-order valence-corrected chi connectivity index (χ3v) is 3.36. The van der Waals surface area contributed by atoms with Crippen LogP contribution in [0.15, 0.2) is 24.3 Å². The van der Waals surface area contributed by atoms with Crippen LogP contribution in [0.1, 0.15) is 31.7 Å². The van der Waals surface area contributed by atoms with E-state index in [0.29, 0.717) is 6.42 Å². The van der Waals surface area contributed by atoms with Crippen LogP contribution < -0.4 is 4.74 Å². The highest BCUT2D eigenvalue weighted by Gasteiger charge is 2.26. The molecule has 98 valence electrons. The summed E-state index contributed by atoms with van der Waals surface area (Å²) in [5.41, 5.74) is 1.20. The van der Waals surface area contributed by atoms with E-state index in [1.54, 1.807) is 0 Å². The Balaban J connectivity index is 2.00. The lowest BCUT2D eigenvalue weighted by molar-refractivity contribution is -0.137. The molecule has 0 spiro atoms. The fraction of sp³-hybridized carbons (Fsp3) is 0.533. The number of nitrogens with zero attached hydrogens (tertiary/aromatic N) is 1. The topological polar surface area (TPSA) is 29.5 Å². The molecular formula is C15H21NO2. The largest absolute Gasteiger partial charge is 0.481 e. The van der Waals surface area contributed by atoms with Crippen molar-refractivity contribution in [3.63, 3.8) is 0 Å². The molecule has 3 nitrogen and oxygen atoms in total. The second-order valence-corrected chi connectivity index (χ2v) is 4.86. The number of ether oxygens (including phenoxy) is 1. The van der Waals surface area contributed by atoms with Crippen LogP contribution in [0.3, 0.4) is 0 Å². The molecule has 0 aromatic heterocycles. The first-order valence-corrected chi connectivity index (χ1v) is 6.73. The van der Waals surface area contributed by atoms with Gasteiger partial charge in [-0.2, -0.15) is 0 Å². The molecule has 1 amide bonds. The van der Waals surface area contributed by atoms with E-state index in [0.717, 1.165) is 31.7 Å². The van der Waals surface area contributed by atoms with Gasteiger partial charge in [0.1, 0.15) is 5.75 Å². The molecule has 0 saturated carbocycles. The Hall–Kier alpha value is -1.51. The maximum absolute atomic E-state index is 12.2. The van der Waals surface area contributed by atoms with Gasteiger partial charge in [0.05, 0.1) is 0 Å². The molecule has 1 aliphatic rings. The molecule has 0 bridgehead atoms. The number of hydrogen-bond acceptors (Lipinski definition) is 2. The fourth-order valence-electron chi connectivity index (χ4n) is 2.23. The van der Waals surface area contributed by atoms with Crippen molar-refractivity contribution in [1.29, 1.82) is 0 Å². The number of carbonyl (C=O) groups is 1. The molecule has 1 heterocycles. The predicted octanol–water partition coefficient (Wildman–Crippen LogP) is 2.77. The van der Waals surface area contributed by atoms with E-state index in [1.807, 2.05) is 43.0 Å². The summed E-state index contributed by atoms with van der Waals surface area (Å²) in [7, 11) is 0. The predicted molar refractivity (Wildman–Crippen MR) is 71.7 cm³/mol. The zero-order chi connectivity index (χ0) is 13.0. The summed E-state index contributed by atoms with van der Waals surface area (Å²) in [5, 5.41) is 0. The summed E-state index contributed by atoms with van der Waals surface area (Å²) < 4.78 is 5.80. The van der Waals surface area contributed by atoms with Gasteiger partial charge in [-0.1, -0.05) is 24.6 Å². The number of amides is 1. The fourth-order valence-corrected chi connectivity index (χ4v) is 2.23.